The molecule has 1 aromatic heterocycles. The van der Waals surface area contributed by atoms with Crippen molar-refractivity contribution in [1.29, 1.82) is 5.26 Å². The van der Waals surface area contributed by atoms with Crippen molar-refractivity contribution in [3.8, 4) is 23.1 Å². The number of benzene rings is 1. The van der Waals surface area contributed by atoms with Crippen LogP contribution in [0.3, 0.4) is 0 Å². The molecule has 4 nitrogen and oxygen atoms in total. The molecule has 2 rings (SSSR count). The van der Waals surface area contributed by atoms with Crippen LogP contribution < -0.4 is 4.74 Å². The molecule has 0 aliphatic heterocycles. The lowest BCUT2D eigenvalue weighted by Crippen LogP contribution is -2.07. The molecule has 0 spiro atoms. The van der Waals surface area contributed by atoms with E-state index >= 15 is 0 Å². The van der Waals surface area contributed by atoms with E-state index in [9.17, 15) is 13.2 Å². The van der Waals surface area contributed by atoms with Crippen LogP contribution in [0.5, 0.6) is 5.75 Å². The number of halogens is 4. The van der Waals surface area contributed by atoms with Crippen molar-refractivity contribution in [2.24, 2.45) is 0 Å². The molecule has 1 heterocycles. The van der Waals surface area contributed by atoms with Gasteiger partial charge < -0.3 is 4.74 Å². The molecule has 1 aromatic carbocycles. The third-order valence-corrected chi connectivity index (χ3v) is 3.41. The second-order valence-electron chi connectivity index (χ2n) is 4.14. The lowest BCUT2D eigenvalue weighted by molar-refractivity contribution is -0.142. The summed E-state index contributed by atoms with van der Waals surface area (Å²) in [5.41, 5.74) is 0.469. The predicted octanol–water partition coefficient (Wildman–Crippen LogP) is 3.87. The number of rotatable bonds is 3. The Kier molecular flexibility index (Phi) is 4.23. The van der Waals surface area contributed by atoms with E-state index in [4.69, 9.17) is 10.00 Å². The molecule has 0 aliphatic carbocycles. The van der Waals surface area contributed by atoms with Gasteiger partial charge in [0.2, 0.25) is 5.69 Å². The van der Waals surface area contributed by atoms with Gasteiger partial charge in [0, 0.05) is 10.9 Å². The second-order valence-corrected chi connectivity index (χ2v) is 4.70. The van der Waals surface area contributed by atoms with Crippen LogP contribution in [-0.2, 0) is 11.5 Å². The summed E-state index contributed by atoms with van der Waals surface area (Å²) in [5, 5.41) is 15.1. The number of nitriles is 1. The van der Waals surface area contributed by atoms with Crippen LogP contribution in [-0.4, -0.2) is 17.3 Å². The number of aromatic nitrogens is 2. The van der Waals surface area contributed by atoms with Crippen molar-refractivity contribution < 1.29 is 17.9 Å². The summed E-state index contributed by atoms with van der Waals surface area (Å²) >= 11 is 3.25. The molecule has 0 saturated carbocycles. The summed E-state index contributed by atoms with van der Waals surface area (Å²) in [4.78, 5) is 0. The van der Waals surface area contributed by atoms with E-state index in [1.807, 2.05) is 6.07 Å². The highest BCUT2D eigenvalue weighted by Crippen LogP contribution is 2.40. The van der Waals surface area contributed by atoms with Crippen LogP contribution in [0.1, 0.15) is 16.8 Å². The van der Waals surface area contributed by atoms with Gasteiger partial charge in [0.15, 0.2) is 5.75 Å². The Hall–Kier alpha value is -2.01. The average molecular weight is 360 g/mol. The van der Waals surface area contributed by atoms with E-state index in [1.165, 1.54) is 6.07 Å². The average Bonchev–Trinajstić information content (AvgIpc) is 2.90. The van der Waals surface area contributed by atoms with E-state index in [0.29, 0.717) is 16.5 Å². The summed E-state index contributed by atoms with van der Waals surface area (Å²) in [6, 6.07) is 6.75. The summed E-state index contributed by atoms with van der Waals surface area (Å²) in [6.07, 6.45) is -4.62. The lowest BCUT2D eigenvalue weighted by atomic mass is 10.0. The Labute approximate surface area is 126 Å². The van der Waals surface area contributed by atoms with Crippen LogP contribution in [0.15, 0.2) is 18.2 Å². The Morgan fingerprint density at radius 3 is 2.62 bits per heavy atom. The molecule has 0 radical (unpaired) electrons. The van der Waals surface area contributed by atoms with Gasteiger partial charge in [-0.25, -0.2) is 0 Å². The van der Waals surface area contributed by atoms with Gasteiger partial charge in [-0.1, -0.05) is 15.9 Å². The number of hydrogen-bond donors (Lipinski definition) is 1. The fourth-order valence-corrected chi connectivity index (χ4v) is 2.22. The van der Waals surface area contributed by atoms with E-state index in [-0.39, 0.29) is 5.69 Å². The van der Waals surface area contributed by atoms with Gasteiger partial charge in [-0.3, -0.25) is 5.10 Å². The summed E-state index contributed by atoms with van der Waals surface area (Å²) in [5.74, 6) is -0.391. The Morgan fingerprint density at radius 2 is 2.10 bits per heavy atom. The van der Waals surface area contributed by atoms with Gasteiger partial charge in [-0.05, 0) is 23.8 Å². The molecule has 2 aromatic rings. The highest BCUT2D eigenvalue weighted by Gasteiger charge is 2.39. The minimum Gasteiger partial charge on any atom is -0.492 e. The largest absolute Gasteiger partial charge is 0.492 e. The molecular formula is C13H9BrF3N3O. The van der Waals surface area contributed by atoms with Crippen LogP contribution in [0.4, 0.5) is 13.2 Å². The quantitative estimate of drug-likeness (QED) is 0.846. The Bertz CT molecular complexity index is 704. The van der Waals surface area contributed by atoms with Crippen molar-refractivity contribution in [3.63, 3.8) is 0 Å². The standard InChI is InChI=1S/C13H9BrF3N3O/c1-21-11-10(19-20-12(11)13(15,16)17)9-3-7(5-14)2-8(4-9)6-18/h2-4H,5H2,1H3,(H,19,20). The van der Waals surface area contributed by atoms with E-state index in [2.05, 4.69) is 26.1 Å². The molecule has 0 fully saturated rings. The first kappa shape index (κ1) is 15.4. The maximum atomic E-state index is 12.8. The molecule has 0 atom stereocenters. The summed E-state index contributed by atoms with van der Waals surface area (Å²) in [7, 11) is 1.14. The first-order valence-corrected chi connectivity index (χ1v) is 6.82. The Balaban J connectivity index is 2.63. The Morgan fingerprint density at radius 1 is 1.38 bits per heavy atom. The zero-order chi connectivity index (χ0) is 15.6. The van der Waals surface area contributed by atoms with Crippen LogP contribution >= 0.6 is 15.9 Å². The zero-order valence-corrected chi connectivity index (χ0v) is 12.3. The van der Waals surface area contributed by atoms with Gasteiger partial charge in [0.25, 0.3) is 0 Å². The fraction of sp³-hybridized carbons (Fsp3) is 0.231. The van der Waals surface area contributed by atoms with Crippen LogP contribution in [0, 0.1) is 11.3 Å². The van der Waals surface area contributed by atoms with Crippen LogP contribution in [0.25, 0.3) is 11.3 Å². The minimum absolute atomic E-state index is 0.0872. The number of ether oxygens (including phenoxy) is 1. The SMILES string of the molecule is COc1c(C(F)(F)F)n[nH]c1-c1cc(C#N)cc(CBr)c1. The van der Waals surface area contributed by atoms with Crippen LogP contribution in [0.2, 0.25) is 0 Å². The third kappa shape index (κ3) is 3.03. The highest BCUT2D eigenvalue weighted by atomic mass is 79.9. The molecular weight excluding hydrogens is 351 g/mol. The fourth-order valence-electron chi connectivity index (χ4n) is 1.90. The molecule has 110 valence electrons. The summed E-state index contributed by atoms with van der Waals surface area (Å²) < 4.78 is 43.3. The predicted molar refractivity (Wildman–Crippen MR) is 72.9 cm³/mol. The van der Waals surface area contributed by atoms with Gasteiger partial charge in [0.05, 0.1) is 18.7 Å². The van der Waals surface area contributed by atoms with Gasteiger partial charge >= 0.3 is 6.18 Å². The van der Waals surface area contributed by atoms with Crippen molar-refractivity contribution >= 4 is 15.9 Å². The smallest absolute Gasteiger partial charge is 0.438 e. The minimum atomic E-state index is -4.62. The van der Waals surface area contributed by atoms with Gasteiger partial charge in [-0.2, -0.15) is 23.5 Å². The number of nitrogens with zero attached hydrogens (tertiary/aromatic N) is 2. The number of methoxy groups -OCH3 is 1. The number of nitrogens with one attached hydrogen (secondary N) is 1. The molecule has 0 aliphatic rings. The molecule has 0 amide bonds. The van der Waals surface area contributed by atoms with E-state index in [1.54, 1.807) is 12.1 Å². The zero-order valence-electron chi connectivity index (χ0n) is 10.8. The lowest BCUT2D eigenvalue weighted by Gasteiger charge is -2.08. The molecule has 0 saturated heterocycles. The molecule has 1 N–H and O–H groups in total. The molecule has 8 heteroatoms. The number of alkyl halides is 4. The highest BCUT2D eigenvalue weighted by molar-refractivity contribution is 9.08. The van der Waals surface area contributed by atoms with Gasteiger partial charge in [-0.15, -0.1) is 0 Å². The number of aromatic amines is 1. The molecule has 0 bridgehead atoms. The monoisotopic (exact) mass is 359 g/mol. The number of H-pyrrole nitrogens is 1. The first-order valence-electron chi connectivity index (χ1n) is 5.70. The van der Waals surface area contributed by atoms with Crippen molar-refractivity contribution in [2.45, 2.75) is 11.5 Å². The number of hydrogen-bond acceptors (Lipinski definition) is 3. The second kappa shape index (κ2) is 5.77. The van der Waals surface area contributed by atoms with Gasteiger partial charge in [0.1, 0.15) is 5.69 Å². The third-order valence-electron chi connectivity index (χ3n) is 2.76. The maximum Gasteiger partial charge on any atom is 0.438 e. The summed E-state index contributed by atoms with van der Waals surface area (Å²) in [6.45, 7) is 0. The molecule has 21 heavy (non-hydrogen) atoms. The van der Waals surface area contributed by atoms with E-state index < -0.39 is 17.6 Å². The first-order chi connectivity index (χ1) is 9.90. The maximum absolute atomic E-state index is 12.8. The van der Waals surface area contributed by atoms with Crippen molar-refractivity contribution in [1.82, 2.24) is 10.2 Å². The topological polar surface area (TPSA) is 61.7 Å². The van der Waals surface area contributed by atoms with E-state index in [0.717, 1.165) is 12.7 Å². The van der Waals surface area contributed by atoms with Crippen molar-refractivity contribution in [3.05, 3.63) is 35.0 Å². The molecule has 0 unspecified atom stereocenters. The van der Waals surface area contributed by atoms with Crippen molar-refractivity contribution in [2.75, 3.05) is 7.11 Å². The normalized spacial score (nSPS) is 11.2.